The van der Waals surface area contributed by atoms with Gasteiger partial charge in [0, 0.05) is 0 Å². The third-order valence-corrected chi connectivity index (χ3v) is 3.71. The van der Waals surface area contributed by atoms with Gasteiger partial charge in [-0.15, -0.1) is 6.58 Å². The van der Waals surface area contributed by atoms with Crippen LogP contribution >= 0.6 is 0 Å². The highest BCUT2D eigenvalue weighted by molar-refractivity contribution is 7.87. The van der Waals surface area contributed by atoms with Crippen LogP contribution in [0.5, 0.6) is 0 Å². The molecule has 0 fully saturated rings. The molecule has 0 bridgehead atoms. The van der Waals surface area contributed by atoms with E-state index in [9.17, 15) is 8.42 Å². The van der Waals surface area contributed by atoms with Crippen molar-refractivity contribution in [3.8, 4) is 0 Å². The van der Waals surface area contributed by atoms with E-state index < -0.39 is 14.9 Å². The van der Waals surface area contributed by atoms with Gasteiger partial charge in [0.2, 0.25) is 0 Å². The van der Waals surface area contributed by atoms with Gasteiger partial charge < -0.3 is 0 Å². The number of hydrogen-bond acceptors (Lipinski definition) is 2. The largest absolute Gasteiger partial charge is 0.285 e. The van der Waals surface area contributed by atoms with E-state index in [4.69, 9.17) is 4.55 Å². The van der Waals surface area contributed by atoms with Gasteiger partial charge in [0.1, 0.15) is 4.75 Å². The van der Waals surface area contributed by atoms with Crippen LogP contribution in [0.1, 0.15) is 6.42 Å². The van der Waals surface area contributed by atoms with Crippen molar-refractivity contribution in [2.45, 2.75) is 11.2 Å². The van der Waals surface area contributed by atoms with Crippen LogP contribution < -0.4 is 0 Å². The Balaban J connectivity index is 3.14. The summed E-state index contributed by atoms with van der Waals surface area (Å²) in [6.45, 7) is 6.99. The van der Waals surface area contributed by atoms with E-state index >= 15 is 0 Å². The van der Waals surface area contributed by atoms with Crippen molar-refractivity contribution in [3.05, 3.63) is 49.1 Å². The van der Waals surface area contributed by atoms with Crippen LogP contribution in [0, 0.1) is 0 Å². The lowest BCUT2D eigenvalue weighted by Gasteiger charge is -2.24. The van der Waals surface area contributed by atoms with Crippen molar-refractivity contribution in [1.29, 1.82) is 0 Å². The third-order valence-electron chi connectivity index (χ3n) is 2.28. The molecule has 0 aliphatic heterocycles. The SMILES string of the molecule is C=CC1=CCC(C=C)(S(=O)(=O)O)C=C1. The second-order valence-electron chi connectivity index (χ2n) is 3.08. The van der Waals surface area contributed by atoms with Crippen LogP contribution in [0.4, 0.5) is 0 Å². The summed E-state index contributed by atoms with van der Waals surface area (Å²) < 4.78 is 29.9. The lowest BCUT2D eigenvalue weighted by atomic mass is 9.96. The average Bonchev–Trinajstić information content (AvgIpc) is 2.16. The predicted octanol–water partition coefficient (Wildman–Crippen LogP) is 1.87. The maximum Gasteiger partial charge on any atom is 0.278 e. The van der Waals surface area contributed by atoms with Gasteiger partial charge in [-0.1, -0.05) is 37.0 Å². The quantitative estimate of drug-likeness (QED) is 0.574. The Kier molecular flexibility index (Phi) is 2.78. The molecule has 0 saturated heterocycles. The van der Waals surface area contributed by atoms with Crippen molar-refractivity contribution >= 4 is 10.1 Å². The molecule has 4 heteroatoms. The molecule has 0 saturated carbocycles. The molecule has 0 aromatic carbocycles. The van der Waals surface area contributed by atoms with E-state index in [-0.39, 0.29) is 6.42 Å². The minimum atomic E-state index is -4.15. The highest BCUT2D eigenvalue weighted by Gasteiger charge is 2.37. The predicted molar refractivity (Wildman–Crippen MR) is 56.5 cm³/mol. The van der Waals surface area contributed by atoms with E-state index in [0.29, 0.717) is 0 Å². The van der Waals surface area contributed by atoms with Gasteiger partial charge in [0.15, 0.2) is 0 Å². The van der Waals surface area contributed by atoms with Crippen molar-refractivity contribution in [2.75, 3.05) is 0 Å². The first-order valence-electron chi connectivity index (χ1n) is 4.08. The van der Waals surface area contributed by atoms with Crippen LogP contribution in [0.25, 0.3) is 0 Å². The van der Waals surface area contributed by atoms with Crippen LogP contribution in [0.3, 0.4) is 0 Å². The first kappa shape index (κ1) is 10.9. The van der Waals surface area contributed by atoms with E-state index in [0.717, 1.165) is 5.57 Å². The van der Waals surface area contributed by atoms with Crippen LogP contribution in [0.15, 0.2) is 49.1 Å². The molecule has 0 spiro atoms. The molecule has 1 N–H and O–H groups in total. The zero-order valence-corrected chi connectivity index (χ0v) is 8.50. The summed E-state index contributed by atoms with van der Waals surface area (Å²) in [5.41, 5.74) is 0.839. The van der Waals surface area contributed by atoms with Gasteiger partial charge in [-0.2, -0.15) is 8.42 Å². The maximum absolute atomic E-state index is 11.1. The molecular weight excluding hydrogens is 200 g/mol. The minimum absolute atomic E-state index is 0.188. The van der Waals surface area contributed by atoms with Crippen LogP contribution in [-0.4, -0.2) is 17.7 Å². The number of rotatable bonds is 3. The molecule has 1 atom stereocenters. The highest BCUT2D eigenvalue weighted by Crippen LogP contribution is 2.29. The fourth-order valence-electron chi connectivity index (χ4n) is 1.25. The molecule has 0 aromatic heterocycles. The molecule has 1 aliphatic rings. The molecule has 1 rings (SSSR count). The molecule has 76 valence electrons. The zero-order valence-electron chi connectivity index (χ0n) is 7.68. The van der Waals surface area contributed by atoms with E-state index in [1.165, 1.54) is 12.2 Å². The first-order valence-corrected chi connectivity index (χ1v) is 5.52. The van der Waals surface area contributed by atoms with Gasteiger partial charge >= 0.3 is 0 Å². The summed E-state index contributed by atoms with van der Waals surface area (Å²) >= 11 is 0. The summed E-state index contributed by atoms with van der Waals surface area (Å²) in [4.78, 5) is 0. The van der Waals surface area contributed by atoms with Gasteiger partial charge in [-0.3, -0.25) is 4.55 Å². The third kappa shape index (κ3) is 1.71. The Labute approximate surface area is 83.9 Å². The topological polar surface area (TPSA) is 54.4 Å². The Morgan fingerprint density at radius 3 is 2.43 bits per heavy atom. The average molecular weight is 212 g/mol. The summed E-state index contributed by atoms with van der Waals surface area (Å²) in [6.07, 6.45) is 7.76. The normalized spacial score (nSPS) is 26.8. The summed E-state index contributed by atoms with van der Waals surface area (Å²) in [7, 11) is -4.15. The minimum Gasteiger partial charge on any atom is -0.285 e. The van der Waals surface area contributed by atoms with Crippen molar-refractivity contribution in [2.24, 2.45) is 0 Å². The Bertz CT molecular complexity index is 415. The standard InChI is InChI=1S/C10H12O3S/c1-3-9-5-7-10(4-2,8-6-9)14(11,12)13/h3-7H,1-2,8H2,(H,11,12,13). The van der Waals surface area contributed by atoms with Gasteiger partial charge in [0.05, 0.1) is 0 Å². The summed E-state index contributed by atoms with van der Waals surface area (Å²) in [5, 5.41) is 0. The van der Waals surface area contributed by atoms with E-state index in [2.05, 4.69) is 13.2 Å². The molecular formula is C10H12O3S. The maximum atomic E-state index is 11.1. The fourth-order valence-corrected chi connectivity index (χ4v) is 1.99. The van der Waals surface area contributed by atoms with E-state index in [1.807, 2.05) is 0 Å². The first-order chi connectivity index (χ1) is 6.45. The van der Waals surface area contributed by atoms with Gasteiger partial charge in [0.25, 0.3) is 10.1 Å². The molecule has 0 radical (unpaired) electrons. The molecule has 1 aliphatic carbocycles. The van der Waals surface area contributed by atoms with Crippen LogP contribution in [-0.2, 0) is 10.1 Å². The fraction of sp³-hybridized carbons (Fsp3) is 0.200. The second kappa shape index (κ2) is 3.55. The molecule has 0 aromatic rings. The molecule has 0 heterocycles. The summed E-state index contributed by atoms with van der Waals surface area (Å²) in [5.74, 6) is 0. The second-order valence-corrected chi connectivity index (χ2v) is 4.79. The lowest BCUT2D eigenvalue weighted by molar-refractivity contribution is 0.461. The van der Waals surface area contributed by atoms with Gasteiger partial charge in [-0.25, -0.2) is 0 Å². The number of hydrogen-bond donors (Lipinski definition) is 1. The van der Waals surface area contributed by atoms with Crippen molar-refractivity contribution in [3.63, 3.8) is 0 Å². The number of allylic oxidation sites excluding steroid dienone is 4. The van der Waals surface area contributed by atoms with Gasteiger partial charge in [-0.05, 0) is 12.0 Å². The van der Waals surface area contributed by atoms with Crippen molar-refractivity contribution < 1.29 is 13.0 Å². The molecule has 3 nitrogen and oxygen atoms in total. The Morgan fingerprint density at radius 2 is 2.14 bits per heavy atom. The van der Waals surface area contributed by atoms with Crippen molar-refractivity contribution in [1.82, 2.24) is 0 Å². The molecule has 1 unspecified atom stereocenters. The molecule has 0 amide bonds. The van der Waals surface area contributed by atoms with Crippen LogP contribution in [0.2, 0.25) is 0 Å². The highest BCUT2D eigenvalue weighted by atomic mass is 32.2. The monoisotopic (exact) mass is 212 g/mol. The Hall–Kier alpha value is -1.13. The lowest BCUT2D eigenvalue weighted by Crippen LogP contribution is -2.34. The Morgan fingerprint density at radius 1 is 1.50 bits per heavy atom. The summed E-state index contributed by atoms with van der Waals surface area (Å²) in [6, 6.07) is 0. The smallest absolute Gasteiger partial charge is 0.278 e. The molecule has 14 heavy (non-hydrogen) atoms. The zero-order chi connectivity index (χ0) is 10.8. The van der Waals surface area contributed by atoms with E-state index in [1.54, 1.807) is 18.2 Å².